The van der Waals surface area contributed by atoms with Crippen molar-refractivity contribution in [3.63, 3.8) is 0 Å². The van der Waals surface area contributed by atoms with E-state index in [4.69, 9.17) is 0 Å². The summed E-state index contributed by atoms with van der Waals surface area (Å²) in [6.45, 7) is 4.57. The largest absolute Gasteiger partial charge is 0.432 e. The lowest BCUT2D eigenvalue weighted by Crippen LogP contribution is -2.27. The maximum atomic E-state index is 10.1. The standard InChI is InChI=1S/C7H17NO2Si/c1-8(7-9)5-4-6-11(2,3)10/h7,10H,4-6H2,1-3H3. The van der Waals surface area contributed by atoms with Crippen molar-refractivity contribution in [2.75, 3.05) is 13.6 Å². The van der Waals surface area contributed by atoms with E-state index in [-0.39, 0.29) is 0 Å². The quantitative estimate of drug-likeness (QED) is 0.492. The fourth-order valence-electron chi connectivity index (χ4n) is 0.814. The van der Waals surface area contributed by atoms with Crippen molar-refractivity contribution in [2.24, 2.45) is 0 Å². The zero-order valence-electron chi connectivity index (χ0n) is 7.50. The average molecular weight is 175 g/mol. The van der Waals surface area contributed by atoms with E-state index in [1.54, 1.807) is 11.9 Å². The molecule has 0 aliphatic carbocycles. The molecule has 0 aliphatic rings. The first-order valence-electron chi connectivity index (χ1n) is 3.83. The SMILES string of the molecule is CN(C=O)CCC[Si](C)(C)O. The van der Waals surface area contributed by atoms with Gasteiger partial charge in [-0.15, -0.1) is 0 Å². The Morgan fingerprint density at radius 1 is 1.55 bits per heavy atom. The molecule has 0 rings (SSSR count). The van der Waals surface area contributed by atoms with Crippen molar-refractivity contribution in [1.29, 1.82) is 0 Å². The van der Waals surface area contributed by atoms with Gasteiger partial charge in [0.15, 0.2) is 8.32 Å². The number of nitrogens with zero attached hydrogens (tertiary/aromatic N) is 1. The highest BCUT2D eigenvalue weighted by molar-refractivity contribution is 6.69. The molecular formula is C7H17NO2Si. The minimum atomic E-state index is -1.88. The van der Waals surface area contributed by atoms with E-state index in [0.717, 1.165) is 25.4 Å². The third kappa shape index (κ3) is 7.54. The van der Waals surface area contributed by atoms with Crippen molar-refractivity contribution >= 4 is 14.7 Å². The highest BCUT2D eigenvalue weighted by atomic mass is 28.4. The maximum absolute atomic E-state index is 10.1. The molecule has 0 saturated carbocycles. The topological polar surface area (TPSA) is 40.5 Å². The van der Waals surface area contributed by atoms with Crippen molar-refractivity contribution in [3.05, 3.63) is 0 Å². The number of amides is 1. The van der Waals surface area contributed by atoms with E-state index in [0.29, 0.717) is 0 Å². The first-order chi connectivity index (χ1) is 4.95. The highest BCUT2D eigenvalue weighted by Crippen LogP contribution is 2.07. The van der Waals surface area contributed by atoms with Crippen LogP contribution in [-0.4, -0.2) is 38.0 Å². The van der Waals surface area contributed by atoms with Gasteiger partial charge in [0.2, 0.25) is 6.41 Å². The molecule has 4 heteroatoms. The predicted molar refractivity (Wildman–Crippen MR) is 47.8 cm³/mol. The van der Waals surface area contributed by atoms with Crippen LogP contribution in [0.1, 0.15) is 6.42 Å². The molecule has 0 aliphatic heterocycles. The minimum Gasteiger partial charge on any atom is -0.432 e. The Balaban J connectivity index is 3.35. The summed E-state index contributed by atoms with van der Waals surface area (Å²) in [5, 5.41) is 0. The van der Waals surface area contributed by atoms with Crippen LogP contribution in [0.2, 0.25) is 19.1 Å². The molecule has 0 bridgehead atoms. The van der Waals surface area contributed by atoms with Gasteiger partial charge in [0.05, 0.1) is 0 Å². The van der Waals surface area contributed by atoms with Gasteiger partial charge in [0.1, 0.15) is 0 Å². The van der Waals surface area contributed by atoms with Crippen LogP contribution < -0.4 is 0 Å². The molecule has 0 atom stereocenters. The lowest BCUT2D eigenvalue weighted by atomic mass is 10.4. The monoisotopic (exact) mass is 175 g/mol. The number of hydrogen-bond acceptors (Lipinski definition) is 2. The van der Waals surface area contributed by atoms with Crippen LogP contribution in [0, 0.1) is 0 Å². The van der Waals surface area contributed by atoms with E-state index in [1.807, 2.05) is 13.1 Å². The molecular weight excluding hydrogens is 158 g/mol. The van der Waals surface area contributed by atoms with Crippen LogP contribution in [-0.2, 0) is 4.79 Å². The fraction of sp³-hybridized carbons (Fsp3) is 0.857. The number of carbonyl (C=O) groups is 1. The zero-order valence-corrected chi connectivity index (χ0v) is 8.50. The van der Waals surface area contributed by atoms with Crippen molar-refractivity contribution in [1.82, 2.24) is 4.90 Å². The summed E-state index contributed by atoms with van der Waals surface area (Å²) in [7, 11) is -0.130. The van der Waals surface area contributed by atoms with E-state index in [9.17, 15) is 9.59 Å². The smallest absolute Gasteiger partial charge is 0.209 e. The van der Waals surface area contributed by atoms with E-state index in [2.05, 4.69) is 0 Å². The molecule has 0 unspecified atom stereocenters. The zero-order chi connectivity index (χ0) is 8.91. The summed E-state index contributed by atoms with van der Waals surface area (Å²) in [5.41, 5.74) is 0. The molecule has 11 heavy (non-hydrogen) atoms. The van der Waals surface area contributed by atoms with Gasteiger partial charge in [0, 0.05) is 13.6 Å². The molecule has 66 valence electrons. The number of rotatable bonds is 5. The van der Waals surface area contributed by atoms with Gasteiger partial charge < -0.3 is 9.70 Å². The molecule has 3 nitrogen and oxygen atoms in total. The Labute approximate surface area is 69.1 Å². The Bertz CT molecular complexity index is 122. The second-order valence-corrected chi connectivity index (χ2v) is 7.63. The molecule has 0 aromatic rings. The summed E-state index contributed by atoms with van der Waals surface area (Å²) < 4.78 is 0. The molecule has 1 amide bonds. The molecule has 0 radical (unpaired) electrons. The molecule has 0 spiro atoms. The first kappa shape index (κ1) is 10.6. The summed E-state index contributed by atoms with van der Waals surface area (Å²) in [4.78, 5) is 21.2. The van der Waals surface area contributed by atoms with Crippen molar-refractivity contribution < 1.29 is 9.59 Å². The average Bonchev–Trinajstić information content (AvgIpc) is 1.85. The molecule has 0 heterocycles. The third-order valence-electron chi connectivity index (χ3n) is 1.48. The van der Waals surface area contributed by atoms with E-state index in [1.165, 1.54) is 0 Å². The lowest BCUT2D eigenvalue weighted by Gasteiger charge is -2.15. The highest BCUT2D eigenvalue weighted by Gasteiger charge is 2.15. The molecule has 1 N–H and O–H groups in total. The molecule has 0 aromatic heterocycles. The van der Waals surface area contributed by atoms with Crippen molar-refractivity contribution in [2.45, 2.75) is 25.6 Å². The second kappa shape index (κ2) is 4.51. The van der Waals surface area contributed by atoms with Gasteiger partial charge in [-0.1, -0.05) is 0 Å². The van der Waals surface area contributed by atoms with Crippen LogP contribution >= 0.6 is 0 Å². The van der Waals surface area contributed by atoms with E-state index >= 15 is 0 Å². The normalized spacial score (nSPS) is 11.3. The first-order valence-corrected chi connectivity index (χ1v) is 6.99. The van der Waals surface area contributed by atoms with Crippen LogP contribution in [0.3, 0.4) is 0 Å². The molecule has 0 aromatic carbocycles. The van der Waals surface area contributed by atoms with Gasteiger partial charge in [-0.2, -0.15) is 0 Å². The Hall–Kier alpha value is -0.353. The van der Waals surface area contributed by atoms with Crippen LogP contribution in [0.4, 0.5) is 0 Å². The van der Waals surface area contributed by atoms with Gasteiger partial charge in [-0.3, -0.25) is 4.79 Å². The van der Waals surface area contributed by atoms with Crippen LogP contribution in [0.5, 0.6) is 0 Å². The number of hydrogen-bond donors (Lipinski definition) is 1. The summed E-state index contributed by atoms with van der Waals surface area (Å²) in [6.07, 6.45) is 1.72. The Morgan fingerprint density at radius 2 is 2.09 bits per heavy atom. The number of carbonyl (C=O) groups excluding carboxylic acids is 1. The van der Waals surface area contributed by atoms with Gasteiger partial charge in [-0.05, 0) is 25.6 Å². The Morgan fingerprint density at radius 3 is 2.45 bits per heavy atom. The van der Waals surface area contributed by atoms with Crippen LogP contribution in [0.15, 0.2) is 0 Å². The third-order valence-corrected chi connectivity index (χ3v) is 3.06. The summed E-state index contributed by atoms with van der Waals surface area (Å²) in [6, 6.07) is 0.866. The van der Waals surface area contributed by atoms with Crippen LogP contribution in [0.25, 0.3) is 0 Å². The predicted octanol–water partition coefficient (Wildman–Crippen LogP) is 0.662. The lowest BCUT2D eigenvalue weighted by molar-refractivity contribution is -0.117. The summed E-state index contributed by atoms with van der Waals surface area (Å²) >= 11 is 0. The molecule has 0 fully saturated rings. The molecule has 0 saturated heterocycles. The van der Waals surface area contributed by atoms with E-state index < -0.39 is 8.32 Å². The van der Waals surface area contributed by atoms with Gasteiger partial charge in [0.25, 0.3) is 0 Å². The Kier molecular flexibility index (Phi) is 4.36. The second-order valence-electron chi connectivity index (χ2n) is 3.50. The summed E-state index contributed by atoms with van der Waals surface area (Å²) in [5.74, 6) is 0. The van der Waals surface area contributed by atoms with Gasteiger partial charge in [-0.25, -0.2) is 0 Å². The minimum absolute atomic E-state index is 0.750. The maximum Gasteiger partial charge on any atom is 0.209 e. The van der Waals surface area contributed by atoms with Gasteiger partial charge >= 0.3 is 0 Å². The van der Waals surface area contributed by atoms with Crippen molar-refractivity contribution in [3.8, 4) is 0 Å². The fourth-order valence-corrected chi connectivity index (χ4v) is 1.84.